The first kappa shape index (κ1) is 17.1. The Bertz CT molecular complexity index is 725. The Labute approximate surface area is 137 Å². The van der Waals surface area contributed by atoms with Crippen molar-refractivity contribution in [3.63, 3.8) is 0 Å². The van der Waals surface area contributed by atoms with Gasteiger partial charge in [0.05, 0.1) is 21.7 Å². The second-order valence-electron chi connectivity index (χ2n) is 5.10. The van der Waals surface area contributed by atoms with Crippen LogP contribution < -0.4 is 5.32 Å². The maximum atomic E-state index is 13.8. The lowest BCUT2D eigenvalue weighted by atomic mass is 10.1. The van der Waals surface area contributed by atoms with E-state index in [-0.39, 0.29) is 17.0 Å². The lowest BCUT2D eigenvalue weighted by molar-refractivity contribution is 0.208. The fourth-order valence-electron chi connectivity index (χ4n) is 2.06. The van der Waals surface area contributed by atoms with Crippen LogP contribution in [0.3, 0.4) is 0 Å². The standard InChI is InChI=1S/C16H18FN3O2S/c1-11(12-6-8-18-9-7-12)20(2)16(21)19-13-4-5-15(23(3)22)14(17)10-13/h4-11H,1-3H3,(H,19,21)/t11-,23-/m0/s1. The summed E-state index contributed by atoms with van der Waals surface area (Å²) in [4.78, 5) is 17.8. The molecule has 7 heteroatoms. The minimum absolute atomic E-state index is 0.113. The van der Waals surface area contributed by atoms with Crippen LogP contribution in [-0.4, -0.2) is 33.4 Å². The van der Waals surface area contributed by atoms with Gasteiger partial charge in [0.1, 0.15) is 5.82 Å². The molecule has 1 heterocycles. The highest BCUT2D eigenvalue weighted by atomic mass is 32.2. The first-order chi connectivity index (χ1) is 10.9. The Kier molecular flexibility index (Phi) is 5.44. The minimum atomic E-state index is -1.41. The van der Waals surface area contributed by atoms with Crippen LogP contribution in [0.15, 0.2) is 47.6 Å². The van der Waals surface area contributed by atoms with Crippen molar-refractivity contribution >= 4 is 22.5 Å². The summed E-state index contributed by atoms with van der Waals surface area (Å²) in [7, 11) is 0.252. The summed E-state index contributed by atoms with van der Waals surface area (Å²) in [5, 5.41) is 2.63. The van der Waals surface area contributed by atoms with Gasteiger partial charge in [-0.2, -0.15) is 0 Å². The van der Waals surface area contributed by atoms with Crippen LogP contribution >= 0.6 is 0 Å². The van der Waals surface area contributed by atoms with E-state index >= 15 is 0 Å². The molecule has 0 aliphatic rings. The number of urea groups is 1. The summed E-state index contributed by atoms with van der Waals surface area (Å²) >= 11 is 0. The fourth-order valence-corrected chi connectivity index (χ4v) is 2.66. The summed E-state index contributed by atoms with van der Waals surface area (Å²) in [6.45, 7) is 1.89. The molecule has 0 fully saturated rings. The van der Waals surface area contributed by atoms with Crippen molar-refractivity contribution in [2.24, 2.45) is 0 Å². The monoisotopic (exact) mass is 335 g/mol. The molecule has 1 aromatic carbocycles. The highest BCUT2D eigenvalue weighted by Gasteiger charge is 2.18. The van der Waals surface area contributed by atoms with Gasteiger partial charge in [0.2, 0.25) is 0 Å². The number of hydrogen-bond donors (Lipinski definition) is 1. The average Bonchev–Trinajstić information content (AvgIpc) is 2.54. The second kappa shape index (κ2) is 7.32. The summed E-state index contributed by atoms with van der Waals surface area (Å²) in [5.41, 5.74) is 1.26. The van der Waals surface area contributed by atoms with Crippen LogP contribution in [0.1, 0.15) is 18.5 Å². The molecular formula is C16H18FN3O2S. The SMILES string of the molecule is C[C@@H](c1ccncc1)N(C)C(=O)Nc1ccc([S@](C)=O)c(F)c1. The summed E-state index contributed by atoms with van der Waals surface area (Å²) in [5.74, 6) is -0.603. The zero-order chi connectivity index (χ0) is 17.0. The van der Waals surface area contributed by atoms with Crippen molar-refractivity contribution in [2.45, 2.75) is 17.9 Å². The van der Waals surface area contributed by atoms with Crippen molar-refractivity contribution in [1.29, 1.82) is 0 Å². The molecule has 0 aliphatic carbocycles. The Morgan fingerprint density at radius 3 is 2.52 bits per heavy atom. The van der Waals surface area contributed by atoms with Gasteiger partial charge in [-0.15, -0.1) is 0 Å². The second-order valence-corrected chi connectivity index (χ2v) is 6.44. The fraction of sp³-hybridized carbons (Fsp3) is 0.250. The van der Waals surface area contributed by atoms with Gasteiger partial charge in [-0.25, -0.2) is 9.18 Å². The molecule has 1 N–H and O–H groups in total. The molecule has 5 nitrogen and oxygen atoms in total. The van der Waals surface area contributed by atoms with Crippen LogP contribution in [0, 0.1) is 5.82 Å². The zero-order valence-electron chi connectivity index (χ0n) is 13.1. The van der Waals surface area contributed by atoms with Crippen molar-refractivity contribution in [3.8, 4) is 0 Å². The predicted octanol–water partition coefficient (Wildman–Crippen LogP) is 3.18. The molecular weight excluding hydrogens is 317 g/mol. The lowest BCUT2D eigenvalue weighted by Gasteiger charge is -2.25. The van der Waals surface area contributed by atoms with Crippen LogP contribution in [0.2, 0.25) is 0 Å². The first-order valence-electron chi connectivity index (χ1n) is 6.97. The van der Waals surface area contributed by atoms with E-state index in [0.717, 1.165) is 5.56 Å². The largest absolute Gasteiger partial charge is 0.322 e. The molecule has 0 saturated heterocycles. The molecule has 0 radical (unpaired) electrons. The molecule has 2 amide bonds. The summed E-state index contributed by atoms with van der Waals surface area (Å²) in [6, 6.07) is 7.25. The first-order valence-corrected chi connectivity index (χ1v) is 8.52. The molecule has 2 atom stereocenters. The van der Waals surface area contributed by atoms with Crippen LogP contribution in [-0.2, 0) is 10.8 Å². The third kappa shape index (κ3) is 4.13. The van der Waals surface area contributed by atoms with E-state index in [2.05, 4.69) is 10.3 Å². The Balaban J connectivity index is 2.09. The summed E-state index contributed by atoms with van der Waals surface area (Å²) < 4.78 is 25.1. The van der Waals surface area contributed by atoms with Crippen molar-refractivity contribution in [1.82, 2.24) is 9.88 Å². The third-order valence-electron chi connectivity index (χ3n) is 3.58. The number of benzene rings is 1. The normalized spacial score (nSPS) is 13.2. The van der Waals surface area contributed by atoms with Gasteiger partial charge in [0, 0.05) is 31.4 Å². The number of hydrogen-bond acceptors (Lipinski definition) is 3. The molecule has 23 heavy (non-hydrogen) atoms. The van der Waals surface area contributed by atoms with Gasteiger partial charge in [-0.1, -0.05) is 0 Å². The molecule has 0 saturated carbocycles. The lowest BCUT2D eigenvalue weighted by Crippen LogP contribution is -2.33. The number of rotatable bonds is 4. The maximum absolute atomic E-state index is 13.8. The van der Waals surface area contributed by atoms with Crippen LogP contribution in [0.4, 0.5) is 14.9 Å². The number of pyridine rings is 1. The van der Waals surface area contributed by atoms with Gasteiger partial charge < -0.3 is 10.2 Å². The highest BCUT2D eigenvalue weighted by molar-refractivity contribution is 7.84. The van der Waals surface area contributed by atoms with Crippen molar-refractivity contribution < 1.29 is 13.4 Å². The molecule has 122 valence electrons. The van der Waals surface area contributed by atoms with Gasteiger partial charge in [0.25, 0.3) is 0 Å². The Morgan fingerprint density at radius 1 is 1.30 bits per heavy atom. The van der Waals surface area contributed by atoms with E-state index in [9.17, 15) is 13.4 Å². The number of carbonyl (C=O) groups is 1. The number of carbonyl (C=O) groups excluding carboxylic acids is 1. The summed E-state index contributed by atoms with van der Waals surface area (Å²) in [6.07, 6.45) is 4.73. The average molecular weight is 335 g/mol. The highest BCUT2D eigenvalue weighted by Crippen LogP contribution is 2.21. The third-order valence-corrected chi connectivity index (χ3v) is 4.53. The van der Waals surface area contributed by atoms with E-state index in [1.54, 1.807) is 19.4 Å². The maximum Gasteiger partial charge on any atom is 0.322 e. The molecule has 2 rings (SSSR count). The zero-order valence-corrected chi connectivity index (χ0v) is 13.9. The van der Waals surface area contributed by atoms with E-state index in [4.69, 9.17) is 0 Å². The minimum Gasteiger partial charge on any atom is -0.321 e. The Morgan fingerprint density at radius 2 is 1.96 bits per heavy atom. The van der Waals surface area contributed by atoms with Crippen molar-refractivity contribution in [3.05, 3.63) is 54.1 Å². The predicted molar refractivity (Wildman–Crippen MR) is 88.2 cm³/mol. The molecule has 0 aliphatic heterocycles. The quantitative estimate of drug-likeness (QED) is 0.933. The van der Waals surface area contributed by atoms with Crippen LogP contribution in [0.25, 0.3) is 0 Å². The number of aromatic nitrogens is 1. The van der Waals surface area contributed by atoms with E-state index in [1.165, 1.54) is 29.4 Å². The van der Waals surface area contributed by atoms with Gasteiger partial charge in [0.15, 0.2) is 0 Å². The molecule has 1 aromatic heterocycles. The van der Waals surface area contributed by atoms with E-state index in [1.807, 2.05) is 19.1 Å². The number of halogens is 1. The van der Waals surface area contributed by atoms with Crippen molar-refractivity contribution in [2.75, 3.05) is 18.6 Å². The van der Waals surface area contributed by atoms with E-state index < -0.39 is 16.6 Å². The van der Waals surface area contributed by atoms with Gasteiger partial charge >= 0.3 is 6.03 Å². The van der Waals surface area contributed by atoms with Gasteiger partial charge in [-0.05, 0) is 42.8 Å². The number of anilines is 1. The number of nitrogens with one attached hydrogen (secondary N) is 1. The van der Waals surface area contributed by atoms with Gasteiger partial charge in [-0.3, -0.25) is 9.19 Å². The molecule has 2 aromatic rings. The Hall–Kier alpha value is -2.28. The molecule has 0 bridgehead atoms. The molecule has 0 unspecified atom stereocenters. The van der Waals surface area contributed by atoms with E-state index in [0.29, 0.717) is 5.69 Å². The topological polar surface area (TPSA) is 62.3 Å². The van der Waals surface area contributed by atoms with Crippen LogP contribution in [0.5, 0.6) is 0 Å². The molecule has 0 spiro atoms. The number of nitrogens with zero attached hydrogens (tertiary/aromatic N) is 2. The number of amides is 2. The smallest absolute Gasteiger partial charge is 0.321 e.